The van der Waals surface area contributed by atoms with Crippen LogP contribution in [0.25, 0.3) is 0 Å². The SMILES string of the molecule is CNc1cc(C(=O)N(C)C)c(Cl)cn1. The molecule has 1 rings (SSSR count). The molecule has 0 aliphatic carbocycles. The van der Waals surface area contributed by atoms with Gasteiger partial charge in [-0.15, -0.1) is 0 Å². The van der Waals surface area contributed by atoms with Gasteiger partial charge in [0, 0.05) is 27.3 Å². The molecular weight excluding hydrogens is 202 g/mol. The summed E-state index contributed by atoms with van der Waals surface area (Å²) in [5.41, 5.74) is 0.455. The van der Waals surface area contributed by atoms with Crippen LogP contribution in [0.5, 0.6) is 0 Å². The number of amides is 1. The molecule has 0 saturated carbocycles. The molecule has 0 fully saturated rings. The predicted octanol–water partition coefficient (Wildman–Crippen LogP) is 1.48. The Kier molecular flexibility index (Phi) is 3.30. The van der Waals surface area contributed by atoms with Gasteiger partial charge in [-0.25, -0.2) is 4.98 Å². The maximum absolute atomic E-state index is 11.6. The molecule has 1 amide bonds. The van der Waals surface area contributed by atoms with Crippen molar-refractivity contribution < 1.29 is 4.79 Å². The molecule has 14 heavy (non-hydrogen) atoms. The molecule has 0 spiro atoms. The molecule has 0 atom stereocenters. The monoisotopic (exact) mass is 213 g/mol. The van der Waals surface area contributed by atoms with Crippen molar-refractivity contribution in [1.82, 2.24) is 9.88 Å². The Morgan fingerprint density at radius 2 is 2.21 bits per heavy atom. The summed E-state index contributed by atoms with van der Waals surface area (Å²) in [4.78, 5) is 17.1. The molecule has 0 radical (unpaired) electrons. The zero-order valence-electron chi connectivity index (χ0n) is 8.34. The molecule has 4 nitrogen and oxygen atoms in total. The van der Waals surface area contributed by atoms with Gasteiger partial charge < -0.3 is 10.2 Å². The fourth-order valence-corrected chi connectivity index (χ4v) is 1.16. The molecule has 0 unspecified atom stereocenters. The fourth-order valence-electron chi connectivity index (χ4n) is 0.980. The molecule has 1 N–H and O–H groups in total. The molecule has 0 aromatic carbocycles. The van der Waals surface area contributed by atoms with Crippen molar-refractivity contribution in [3.63, 3.8) is 0 Å². The Morgan fingerprint density at radius 3 is 2.71 bits per heavy atom. The lowest BCUT2D eigenvalue weighted by Crippen LogP contribution is -2.22. The smallest absolute Gasteiger partial charge is 0.255 e. The fraction of sp³-hybridized carbons (Fsp3) is 0.333. The number of carbonyl (C=O) groups excluding carboxylic acids is 1. The first-order chi connectivity index (χ1) is 6.56. The zero-order chi connectivity index (χ0) is 10.7. The average molecular weight is 214 g/mol. The minimum Gasteiger partial charge on any atom is -0.373 e. The number of nitrogens with one attached hydrogen (secondary N) is 1. The summed E-state index contributed by atoms with van der Waals surface area (Å²) in [5, 5.41) is 3.21. The summed E-state index contributed by atoms with van der Waals surface area (Å²) in [7, 11) is 5.09. The molecule has 0 aliphatic rings. The van der Waals surface area contributed by atoms with Crippen LogP contribution in [0.1, 0.15) is 10.4 Å². The minimum atomic E-state index is -0.131. The van der Waals surface area contributed by atoms with Gasteiger partial charge >= 0.3 is 0 Å². The van der Waals surface area contributed by atoms with Crippen LogP contribution in [0.3, 0.4) is 0 Å². The van der Waals surface area contributed by atoms with Gasteiger partial charge in [0.1, 0.15) is 5.82 Å². The molecule has 1 aromatic heterocycles. The van der Waals surface area contributed by atoms with Crippen molar-refractivity contribution in [2.24, 2.45) is 0 Å². The number of hydrogen-bond acceptors (Lipinski definition) is 3. The predicted molar refractivity (Wildman–Crippen MR) is 56.8 cm³/mol. The maximum atomic E-state index is 11.6. The van der Waals surface area contributed by atoms with Crippen molar-refractivity contribution in [3.05, 3.63) is 22.8 Å². The van der Waals surface area contributed by atoms with Gasteiger partial charge in [-0.3, -0.25) is 4.79 Å². The third-order valence-electron chi connectivity index (χ3n) is 1.75. The molecule has 76 valence electrons. The first-order valence-electron chi connectivity index (χ1n) is 4.11. The summed E-state index contributed by atoms with van der Waals surface area (Å²) >= 11 is 5.85. The van der Waals surface area contributed by atoms with E-state index in [1.165, 1.54) is 11.1 Å². The highest BCUT2D eigenvalue weighted by Gasteiger charge is 2.13. The molecular formula is C9H12ClN3O. The van der Waals surface area contributed by atoms with E-state index in [9.17, 15) is 4.79 Å². The number of carbonyl (C=O) groups is 1. The summed E-state index contributed by atoms with van der Waals surface area (Å²) in [6.07, 6.45) is 1.46. The topological polar surface area (TPSA) is 45.2 Å². The van der Waals surface area contributed by atoms with Gasteiger partial charge in [0.2, 0.25) is 0 Å². The van der Waals surface area contributed by atoms with Crippen LogP contribution in [-0.4, -0.2) is 36.9 Å². The second kappa shape index (κ2) is 4.28. The molecule has 0 aliphatic heterocycles. The average Bonchev–Trinajstić information content (AvgIpc) is 2.17. The molecule has 1 aromatic rings. The Morgan fingerprint density at radius 1 is 1.57 bits per heavy atom. The Balaban J connectivity index is 3.12. The highest BCUT2D eigenvalue weighted by molar-refractivity contribution is 6.33. The summed E-state index contributed by atoms with van der Waals surface area (Å²) in [6, 6.07) is 1.63. The summed E-state index contributed by atoms with van der Waals surface area (Å²) < 4.78 is 0. The number of nitrogens with zero attached hydrogens (tertiary/aromatic N) is 2. The van der Waals surface area contributed by atoms with Crippen LogP contribution in [0.15, 0.2) is 12.3 Å². The molecule has 1 heterocycles. The second-order valence-corrected chi connectivity index (χ2v) is 3.41. The highest BCUT2D eigenvalue weighted by Crippen LogP contribution is 2.18. The minimum absolute atomic E-state index is 0.131. The van der Waals surface area contributed by atoms with E-state index in [2.05, 4.69) is 10.3 Å². The number of aromatic nitrogens is 1. The van der Waals surface area contributed by atoms with Crippen LogP contribution in [0.4, 0.5) is 5.82 Å². The Bertz CT molecular complexity index is 352. The van der Waals surface area contributed by atoms with Crippen LogP contribution in [0.2, 0.25) is 5.02 Å². The van der Waals surface area contributed by atoms with Gasteiger partial charge in [0.15, 0.2) is 0 Å². The Labute approximate surface area is 87.9 Å². The quantitative estimate of drug-likeness (QED) is 0.810. The molecule has 0 bridgehead atoms. The van der Waals surface area contributed by atoms with Gasteiger partial charge in [-0.05, 0) is 6.07 Å². The van der Waals surface area contributed by atoms with E-state index >= 15 is 0 Å². The third kappa shape index (κ3) is 2.14. The largest absolute Gasteiger partial charge is 0.373 e. The highest BCUT2D eigenvalue weighted by atomic mass is 35.5. The van der Waals surface area contributed by atoms with Crippen molar-refractivity contribution in [1.29, 1.82) is 0 Å². The lowest BCUT2D eigenvalue weighted by atomic mass is 10.2. The number of hydrogen-bond donors (Lipinski definition) is 1. The van der Waals surface area contributed by atoms with Crippen molar-refractivity contribution >= 4 is 23.3 Å². The van der Waals surface area contributed by atoms with E-state index in [-0.39, 0.29) is 5.91 Å². The van der Waals surface area contributed by atoms with Crippen LogP contribution in [0, 0.1) is 0 Å². The van der Waals surface area contributed by atoms with E-state index in [1.807, 2.05) is 0 Å². The summed E-state index contributed by atoms with van der Waals surface area (Å²) in [6.45, 7) is 0. The van der Waals surface area contributed by atoms with Crippen LogP contribution >= 0.6 is 11.6 Å². The normalized spacial score (nSPS) is 9.71. The maximum Gasteiger partial charge on any atom is 0.255 e. The van der Waals surface area contributed by atoms with E-state index in [4.69, 9.17) is 11.6 Å². The van der Waals surface area contributed by atoms with E-state index in [1.54, 1.807) is 27.2 Å². The van der Waals surface area contributed by atoms with E-state index in [0.717, 1.165) is 0 Å². The van der Waals surface area contributed by atoms with Crippen molar-refractivity contribution in [2.45, 2.75) is 0 Å². The molecule has 5 heteroatoms. The van der Waals surface area contributed by atoms with Crippen molar-refractivity contribution in [2.75, 3.05) is 26.5 Å². The first-order valence-corrected chi connectivity index (χ1v) is 4.49. The number of anilines is 1. The first kappa shape index (κ1) is 10.8. The van der Waals surface area contributed by atoms with Crippen LogP contribution in [-0.2, 0) is 0 Å². The van der Waals surface area contributed by atoms with Gasteiger partial charge in [-0.2, -0.15) is 0 Å². The zero-order valence-corrected chi connectivity index (χ0v) is 9.09. The van der Waals surface area contributed by atoms with Gasteiger partial charge in [0.05, 0.1) is 10.6 Å². The second-order valence-electron chi connectivity index (χ2n) is 3.00. The Hall–Kier alpha value is -1.29. The van der Waals surface area contributed by atoms with Gasteiger partial charge in [0.25, 0.3) is 5.91 Å². The molecule has 0 saturated heterocycles. The van der Waals surface area contributed by atoms with Gasteiger partial charge in [-0.1, -0.05) is 11.6 Å². The van der Waals surface area contributed by atoms with E-state index < -0.39 is 0 Å². The van der Waals surface area contributed by atoms with E-state index in [0.29, 0.717) is 16.4 Å². The lowest BCUT2D eigenvalue weighted by molar-refractivity contribution is 0.0827. The third-order valence-corrected chi connectivity index (χ3v) is 2.05. The summed E-state index contributed by atoms with van der Waals surface area (Å²) in [5.74, 6) is 0.494. The van der Waals surface area contributed by atoms with Crippen LogP contribution < -0.4 is 5.32 Å². The number of halogens is 1. The van der Waals surface area contributed by atoms with Crippen molar-refractivity contribution in [3.8, 4) is 0 Å². The lowest BCUT2D eigenvalue weighted by Gasteiger charge is -2.12. The standard InChI is InChI=1S/C9H12ClN3O/c1-11-8-4-6(7(10)5-12-8)9(14)13(2)3/h4-5H,1-3H3,(H,11,12). The number of rotatable bonds is 2. The number of pyridine rings is 1.